The van der Waals surface area contributed by atoms with E-state index in [-0.39, 0.29) is 16.5 Å². The lowest BCUT2D eigenvalue weighted by molar-refractivity contribution is -0.132. The van der Waals surface area contributed by atoms with E-state index in [1.807, 2.05) is 25.1 Å². The monoisotopic (exact) mass is 610 g/mol. The smallest absolute Gasteiger partial charge is 0.301 e. The van der Waals surface area contributed by atoms with Gasteiger partial charge < -0.3 is 14.6 Å². The number of carbonyl (C=O) groups is 2. The minimum atomic E-state index is -0.985. The van der Waals surface area contributed by atoms with Gasteiger partial charge in [0.1, 0.15) is 5.76 Å². The average Bonchev–Trinajstić information content (AvgIpc) is 3.62. The van der Waals surface area contributed by atoms with Gasteiger partial charge >= 0.3 is 5.91 Å². The van der Waals surface area contributed by atoms with Crippen molar-refractivity contribution in [3.63, 3.8) is 0 Å². The lowest BCUT2D eigenvalue weighted by Gasteiger charge is -2.23. The molecule has 0 saturated carbocycles. The summed E-state index contributed by atoms with van der Waals surface area (Å²) in [5.41, 5.74) is 1.98. The fourth-order valence-corrected chi connectivity index (χ4v) is 6.93. The van der Waals surface area contributed by atoms with Crippen molar-refractivity contribution in [2.75, 3.05) is 18.6 Å². The Balaban J connectivity index is 1.39. The molecule has 0 bridgehead atoms. The highest BCUT2D eigenvalue weighted by atomic mass is 32.2. The molecule has 3 heterocycles. The number of amides is 1. The number of thioether (sulfide) groups is 1. The van der Waals surface area contributed by atoms with E-state index in [4.69, 9.17) is 9.47 Å². The average molecular weight is 611 g/mol. The molecule has 0 spiro atoms. The number of rotatable bonds is 9. The number of nitrogens with zero attached hydrogens (tertiary/aromatic N) is 4. The molecule has 1 unspecified atom stereocenters. The molecule has 1 amide bonds. The number of aromatic nitrogens is 3. The Labute approximate surface area is 255 Å². The zero-order chi connectivity index (χ0) is 29.9. The maximum absolute atomic E-state index is 13.6. The predicted octanol–water partition coefficient (Wildman–Crippen LogP) is 6.41. The third-order valence-corrected chi connectivity index (χ3v) is 9.14. The number of aliphatic hydroxyl groups is 1. The van der Waals surface area contributed by atoms with Crippen LogP contribution in [-0.4, -0.2) is 45.7 Å². The summed E-state index contributed by atoms with van der Waals surface area (Å²) < 4.78 is 11.9. The zero-order valence-corrected chi connectivity index (χ0v) is 24.9. The summed E-state index contributed by atoms with van der Waals surface area (Å²) in [6, 6.07) is 21.7. The van der Waals surface area contributed by atoms with E-state index in [0.29, 0.717) is 39.3 Å². The van der Waals surface area contributed by atoms with Crippen molar-refractivity contribution >= 4 is 56.5 Å². The van der Waals surface area contributed by atoms with E-state index < -0.39 is 17.7 Å². The summed E-state index contributed by atoms with van der Waals surface area (Å²) >= 11 is 2.71. The molecule has 2 aromatic heterocycles. The van der Waals surface area contributed by atoms with Gasteiger partial charge in [-0.3, -0.25) is 19.5 Å². The molecule has 9 nitrogen and oxygen atoms in total. The van der Waals surface area contributed by atoms with Gasteiger partial charge in [-0.1, -0.05) is 71.6 Å². The summed E-state index contributed by atoms with van der Waals surface area (Å²) in [5, 5.41) is 22.5. The van der Waals surface area contributed by atoms with Gasteiger partial charge in [-0.05, 0) is 53.1 Å². The lowest BCUT2D eigenvalue weighted by atomic mass is 9.95. The zero-order valence-electron chi connectivity index (χ0n) is 23.3. The Morgan fingerprint density at radius 3 is 2.58 bits per heavy atom. The van der Waals surface area contributed by atoms with E-state index in [1.54, 1.807) is 30.3 Å². The molecule has 1 aliphatic heterocycles. The van der Waals surface area contributed by atoms with Crippen molar-refractivity contribution in [2.24, 2.45) is 0 Å². The molecule has 0 radical (unpaired) electrons. The molecule has 5 aromatic rings. The standard InChI is InChI=1S/C32H26N4O5S2/c1-3-41-24-12-11-21(17-25(24)40-2)27-26(28(37)20-13-15-33-16-14-20)29(38)30(39)36(27)31-34-35-32(43-31)42-18-22-9-6-8-19-7-4-5-10-23(19)22/h4-17,27,37H,3,18H2,1-2H3/b28-26+. The molecule has 1 saturated heterocycles. The summed E-state index contributed by atoms with van der Waals surface area (Å²) in [7, 11) is 1.51. The number of fused-ring (bicyclic) bond motifs is 1. The largest absolute Gasteiger partial charge is 0.507 e. The number of hydrogen-bond acceptors (Lipinski definition) is 10. The fourth-order valence-electron chi connectivity index (χ4n) is 5.06. The van der Waals surface area contributed by atoms with Crippen LogP contribution < -0.4 is 14.4 Å². The van der Waals surface area contributed by atoms with Crippen LogP contribution >= 0.6 is 23.1 Å². The van der Waals surface area contributed by atoms with Crippen LogP contribution in [0.1, 0.15) is 29.7 Å². The van der Waals surface area contributed by atoms with Crippen LogP contribution in [-0.2, 0) is 15.3 Å². The molecule has 6 rings (SSSR count). The molecule has 216 valence electrons. The van der Waals surface area contributed by atoms with Crippen molar-refractivity contribution in [1.82, 2.24) is 15.2 Å². The number of benzene rings is 3. The highest BCUT2D eigenvalue weighted by molar-refractivity contribution is 8.00. The molecule has 3 aromatic carbocycles. The number of pyridine rings is 1. The van der Waals surface area contributed by atoms with Gasteiger partial charge in [-0.15, -0.1) is 10.2 Å². The van der Waals surface area contributed by atoms with E-state index >= 15 is 0 Å². The second-order valence-corrected chi connectivity index (χ2v) is 11.7. The first-order valence-electron chi connectivity index (χ1n) is 13.4. The topological polar surface area (TPSA) is 115 Å². The summed E-state index contributed by atoms with van der Waals surface area (Å²) in [6.45, 7) is 2.29. The molecule has 0 aliphatic carbocycles. The van der Waals surface area contributed by atoms with Gasteiger partial charge in [0.25, 0.3) is 5.78 Å². The van der Waals surface area contributed by atoms with Gasteiger partial charge in [-0.25, -0.2) is 0 Å². The second-order valence-electron chi connectivity index (χ2n) is 9.53. The van der Waals surface area contributed by atoms with Crippen molar-refractivity contribution in [3.8, 4) is 11.5 Å². The van der Waals surface area contributed by atoms with Gasteiger partial charge in [0.2, 0.25) is 5.13 Å². The molecule has 1 aliphatic rings. The Bertz CT molecular complexity index is 1850. The first-order valence-corrected chi connectivity index (χ1v) is 15.3. The third-order valence-electron chi connectivity index (χ3n) is 7.03. The van der Waals surface area contributed by atoms with E-state index in [9.17, 15) is 14.7 Å². The van der Waals surface area contributed by atoms with Gasteiger partial charge in [0, 0.05) is 23.7 Å². The predicted molar refractivity (Wildman–Crippen MR) is 167 cm³/mol. The number of ether oxygens (including phenoxy) is 2. The van der Waals surface area contributed by atoms with Crippen molar-refractivity contribution in [1.29, 1.82) is 0 Å². The number of anilines is 1. The fraction of sp³-hybridized carbons (Fsp3) is 0.156. The van der Waals surface area contributed by atoms with Crippen LogP contribution in [0.25, 0.3) is 16.5 Å². The maximum atomic E-state index is 13.6. The quantitative estimate of drug-likeness (QED) is 0.0664. The van der Waals surface area contributed by atoms with Gasteiger partial charge in [-0.2, -0.15) is 0 Å². The number of methoxy groups -OCH3 is 1. The Morgan fingerprint density at radius 1 is 1.00 bits per heavy atom. The highest BCUT2D eigenvalue weighted by Crippen LogP contribution is 2.45. The van der Waals surface area contributed by atoms with Crippen molar-refractivity contribution < 1.29 is 24.2 Å². The first-order chi connectivity index (χ1) is 21.0. The molecule has 43 heavy (non-hydrogen) atoms. The highest BCUT2D eigenvalue weighted by Gasteiger charge is 2.48. The number of ketones is 1. The first kappa shape index (κ1) is 28.4. The molecule has 1 fully saturated rings. The maximum Gasteiger partial charge on any atom is 0.301 e. The van der Waals surface area contributed by atoms with E-state index in [0.717, 1.165) is 16.3 Å². The molecule has 11 heteroatoms. The van der Waals surface area contributed by atoms with Crippen LogP contribution in [0, 0.1) is 0 Å². The number of Topliss-reactive ketones (excluding diaryl/α,β-unsaturated/α-hetero) is 1. The number of hydrogen-bond donors (Lipinski definition) is 1. The van der Waals surface area contributed by atoms with E-state index in [1.165, 1.54) is 47.5 Å². The van der Waals surface area contributed by atoms with Gasteiger partial charge in [0.15, 0.2) is 15.8 Å². The third kappa shape index (κ3) is 5.44. The van der Waals surface area contributed by atoms with E-state index in [2.05, 4.69) is 39.4 Å². The molecule has 1 N–H and O–H groups in total. The van der Waals surface area contributed by atoms with Gasteiger partial charge in [0.05, 0.1) is 25.3 Å². The normalized spacial score (nSPS) is 16.1. The van der Waals surface area contributed by atoms with Crippen LogP contribution in [0.5, 0.6) is 11.5 Å². The SMILES string of the molecule is CCOc1ccc(C2/C(=C(\O)c3ccncc3)C(=O)C(=O)N2c2nnc(SCc3cccc4ccccc34)s2)cc1OC. The van der Waals surface area contributed by atoms with Crippen LogP contribution in [0.15, 0.2) is 95.1 Å². The summed E-state index contributed by atoms with van der Waals surface area (Å²) in [5.74, 6) is -0.352. The van der Waals surface area contributed by atoms with Crippen molar-refractivity contribution in [3.05, 3.63) is 107 Å². The van der Waals surface area contributed by atoms with Crippen LogP contribution in [0.4, 0.5) is 5.13 Å². The summed E-state index contributed by atoms with van der Waals surface area (Å²) in [6.07, 6.45) is 3.01. The Kier molecular flexibility index (Phi) is 8.08. The minimum absolute atomic E-state index is 0.0671. The Morgan fingerprint density at radius 2 is 1.79 bits per heavy atom. The molecular formula is C32H26N4O5S2. The minimum Gasteiger partial charge on any atom is -0.507 e. The number of aliphatic hydroxyl groups excluding tert-OH is 1. The van der Waals surface area contributed by atoms with Crippen LogP contribution in [0.3, 0.4) is 0 Å². The Hall–Kier alpha value is -4.74. The molecule has 1 atom stereocenters. The lowest BCUT2D eigenvalue weighted by Crippen LogP contribution is -2.29. The summed E-state index contributed by atoms with van der Waals surface area (Å²) in [4.78, 5) is 32.4. The number of carbonyl (C=O) groups excluding carboxylic acids is 2. The van der Waals surface area contributed by atoms with Crippen LogP contribution in [0.2, 0.25) is 0 Å². The van der Waals surface area contributed by atoms with Crippen molar-refractivity contribution in [2.45, 2.75) is 23.1 Å². The molecular weight excluding hydrogens is 585 g/mol. The second kappa shape index (κ2) is 12.2.